The molecule has 1 aliphatic carbocycles. The van der Waals surface area contributed by atoms with Gasteiger partial charge in [-0.1, -0.05) is 43.2 Å². The van der Waals surface area contributed by atoms with Crippen LogP contribution in [0.4, 0.5) is 0 Å². The van der Waals surface area contributed by atoms with Gasteiger partial charge in [-0.2, -0.15) is 0 Å². The molecule has 1 aromatic carbocycles. The Morgan fingerprint density at radius 2 is 1.89 bits per heavy atom. The molecule has 0 amide bonds. The maximum absolute atomic E-state index is 11.3. The van der Waals surface area contributed by atoms with Gasteiger partial charge in [0.15, 0.2) is 0 Å². The van der Waals surface area contributed by atoms with Crippen LogP contribution in [0.1, 0.15) is 37.7 Å². The standard InChI is InChI=1S/C15H21NO2/c17-14(18)15(10-4-5-11-15)16-12-6-9-13-7-2-1-3-8-13/h1-3,7-8,16H,4-6,9-12H2,(H,17,18). The molecule has 0 saturated heterocycles. The molecule has 0 heterocycles. The SMILES string of the molecule is O=C(O)C1(NCCCc2ccccc2)CCCC1. The summed E-state index contributed by atoms with van der Waals surface area (Å²) in [4.78, 5) is 11.3. The van der Waals surface area contributed by atoms with Crippen molar-refractivity contribution in [3.05, 3.63) is 35.9 Å². The number of aliphatic carboxylic acids is 1. The minimum Gasteiger partial charge on any atom is -0.480 e. The molecule has 0 radical (unpaired) electrons. The fourth-order valence-corrected chi connectivity index (χ4v) is 2.71. The van der Waals surface area contributed by atoms with Crippen LogP contribution in [0.2, 0.25) is 0 Å². The van der Waals surface area contributed by atoms with Crippen molar-refractivity contribution < 1.29 is 9.90 Å². The van der Waals surface area contributed by atoms with E-state index in [0.29, 0.717) is 0 Å². The zero-order valence-electron chi connectivity index (χ0n) is 10.7. The largest absolute Gasteiger partial charge is 0.480 e. The molecular formula is C15H21NO2. The summed E-state index contributed by atoms with van der Waals surface area (Å²) in [5.41, 5.74) is 0.673. The highest BCUT2D eigenvalue weighted by atomic mass is 16.4. The zero-order valence-corrected chi connectivity index (χ0v) is 10.7. The zero-order chi connectivity index (χ0) is 12.8. The molecule has 3 heteroatoms. The number of carbonyl (C=O) groups is 1. The lowest BCUT2D eigenvalue weighted by atomic mass is 9.97. The summed E-state index contributed by atoms with van der Waals surface area (Å²) in [5, 5.41) is 12.6. The Hall–Kier alpha value is -1.35. The highest BCUT2D eigenvalue weighted by Crippen LogP contribution is 2.29. The Labute approximate surface area is 108 Å². The van der Waals surface area contributed by atoms with Gasteiger partial charge in [-0.3, -0.25) is 4.79 Å². The van der Waals surface area contributed by atoms with Gasteiger partial charge in [0.2, 0.25) is 0 Å². The molecule has 0 unspecified atom stereocenters. The van der Waals surface area contributed by atoms with Crippen LogP contribution in [0.15, 0.2) is 30.3 Å². The van der Waals surface area contributed by atoms with Gasteiger partial charge in [0.1, 0.15) is 5.54 Å². The van der Waals surface area contributed by atoms with Crippen molar-refractivity contribution in [2.45, 2.75) is 44.1 Å². The summed E-state index contributed by atoms with van der Waals surface area (Å²) in [5.74, 6) is -0.681. The summed E-state index contributed by atoms with van der Waals surface area (Å²) in [6.07, 6.45) is 5.58. The minimum absolute atomic E-state index is 0.642. The molecule has 1 fully saturated rings. The Balaban J connectivity index is 1.76. The van der Waals surface area contributed by atoms with Gasteiger partial charge in [-0.15, -0.1) is 0 Å². The van der Waals surface area contributed by atoms with Crippen LogP contribution in [0, 0.1) is 0 Å². The predicted molar refractivity (Wildman–Crippen MR) is 71.6 cm³/mol. The van der Waals surface area contributed by atoms with Crippen LogP contribution >= 0.6 is 0 Å². The van der Waals surface area contributed by atoms with E-state index in [2.05, 4.69) is 17.4 Å². The van der Waals surface area contributed by atoms with Crippen LogP contribution in [-0.4, -0.2) is 23.2 Å². The summed E-state index contributed by atoms with van der Waals surface area (Å²) in [6.45, 7) is 0.779. The second kappa shape index (κ2) is 6.01. The van der Waals surface area contributed by atoms with Crippen molar-refractivity contribution in [2.24, 2.45) is 0 Å². The third-order valence-electron chi connectivity index (χ3n) is 3.81. The van der Waals surface area contributed by atoms with Gasteiger partial charge >= 0.3 is 5.97 Å². The van der Waals surface area contributed by atoms with E-state index in [4.69, 9.17) is 0 Å². The summed E-state index contributed by atoms with van der Waals surface area (Å²) in [7, 11) is 0. The van der Waals surface area contributed by atoms with E-state index in [9.17, 15) is 9.90 Å². The lowest BCUT2D eigenvalue weighted by Gasteiger charge is -2.25. The van der Waals surface area contributed by atoms with E-state index in [-0.39, 0.29) is 0 Å². The molecule has 1 aromatic rings. The van der Waals surface area contributed by atoms with E-state index in [1.54, 1.807) is 0 Å². The first-order valence-electron chi connectivity index (χ1n) is 6.75. The molecule has 98 valence electrons. The number of carboxylic acid groups (broad SMARTS) is 1. The van der Waals surface area contributed by atoms with Crippen LogP contribution in [0.25, 0.3) is 0 Å². The second-order valence-corrected chi connectivity index (χ2v) is 5.11. The highest BCUT2D eigenvalue weighted by Gasteiger charge is 2.40. The molecule has 0 bridgehead atoms. The van der Waals surface area contributed by atoms with E-state index in [1.807, 2.05) is 18.2 Å². The van der Waals surface area contributed by atoms with Crippen LogP contribution in [0.3, 0.4) is 0 Å². The smallest absolute Gasteiger partial charge is 0.323 e. The van der Waals surface area contributed by atoms with Crippen molar-refractivity contribution >= 4 is 5.97 Å². The van der Waals surface area contributed by atoms with Gasteiger partial charge in [0.25, 0.3) is 0 Å². The predicted octanol–water partition coefficient (Wildman–Crippen LogP) is 2.61. The fraction of sp³-hybridized carbons (Fsp3) is 0.533. The maximum Gasteiger partial charge on any atom is 0.323 e. The molecular weight excluding hydrogens is 226 g/mol. The second-order valence-electron chi connectivity index (χ2n) is 5.11. The third-order valence-corrected chi connectivity index (χ3v) is 3.81. The molecule has 0 aliphatic heterocycles. The molecule has 3 nitrogen and oxygen atoms in total. The molecule has 0 aromatic heterocycles. The normalized spacial score (nSPS) is 17.8. The van der Waals surface area contributed by atoms with Crippen molar-refractivity contribution in [1.82, 2.24) is 5.32 Å². The molecule has 1 aliphatic rings. The monoisotopic (exact) mass is 247 g/mol. The summed E-state index contributed by atoms with van der Waals surface area (Å²) < 4.78 is 0. The van der Waals surface area contributed by atoms with Crippen molar-refractivity contribution in [3.8, 4) is 0 Å². The number of rotatable bonds is 6. The summed E-state index contributed by atoms with van der Waals surface area (Å²) >= 11 is 0. The van der Waals surface area contributed by atoms with E-state index >= 15 is 0 Å². The number of benzene rings is 1. The first-order valence-corrected chi connectivity index (χ1v) is 6.75. The maximum atomic E-state index is 11.3. The minimum atomic E-state index is -0.681. The fourth-order valence-electron chi connectivity index (χ4n) is 2.71. The lowest BCUT2D eigenvalue weighted by molar-refractivity contribution is -0.144. The third kappa shape index (κ3) is 3.10. The number of hydrogen-bond donors (Lipinski definition) is 2. The first-order chi connectivity index (χ1) is 8.73. The molecule has 18 heavy (non-hydrogen) atoms. The summed E-state index contributed by atoms with van der Waals surface area (Å²) in [6, 6.07) is 10.3. The number of nitrogens with one attached hydrogen (secondary N) is 1. The molecule has 1 saturated carbocycles. The topological polar surface area (TPSA) is 49.3 Å². The van der Waals surface area contributed by atoms with E-state index in [0.717, 1.165) is 45.1 Å². The molecule has 2 rings (SSSR count). The Bertz CT molecular complexity index is 383. The number of aryl methyl sites for hydroxylation is 1. The van der Waals surface area contributed by atoms with Crippen molar-refractivity contribution in [2.75, 3.05) is 6.54 Å². The molecule has 2 N–H and O–H groups in total. The highest BCUT2D eigenvalue weighted by molar-refractivity contribution is 5.79. The van der Waals surface area contributed by atoms with Crippen molar-refractivity contribution in [1.29, 1.82) is 0 Å². The number of hydrogen-bond acceptors (Lipinski definition) is 2. The van der Waals surface area contributed by atoms with Crippen LogP contribution in [-0.2, 0) is 11.2 Å². The average Bonchev–Trinajstić information content (AvgIpc) is 2.86. The molecule has 0 spiro atoms. The van der Waals surface area contributed by atoms with Gasteiger partial charge < -0.3 is 10.4 Å². The van der Waals surface area contributed by atoms with E-state index < -0.39 is 11.5 Å². The Morgan fingerprint density at radius 1 is 1.22 bits per heavy atom. The van der Waals surface area contributed by atoms with E-state index in [1.165, 1.54) is 5.56 Å². The Morgan fingerprint density at radius 3 is 2.50 bits per heavy atom. The van der Waals surface area contributed by atoms with Gasteiger partial charge in [-0.25, -0.2) is 0 Å². The average molecular weight is 247 g/mol. The van der Waals surface area contributed by atoms with Crippen LogP contribution in [0.5, 0.6) is 0 Å². The molecule has 0 atom stereocenters. The van der Waals surface area contributed by atoms with Crippen LogP contribution < -0.4 is 5.32 Å². The van der Waals surface area contributed by atoms with Gasteiger partial charge in [0.05, 0.1) is 0 Å². The first kappa shape index (κ1) is 13.1. The Kier molecular flexibility index (Phi) is 4.37. The van der Waals surface area contributed by atoms with Gasteiger partial charge in [0, 0.05) is 0 Å². The quantitative estimate of drug-likeness (QED) is 0.760. The van der Waals surface area contributed by atoms with Crippen molar-refractivity contribution in [3.63, 3.8) is 0 Å². The number of carboxylic acids is 1. The van der Waals surface area contributed by atoms with Gasteiger partial charge in [-0.05, 0) is 37.8 Å². The lowest BCUT2D eigenvalue weighted by Crippen LogP contribution is -2.50.